The van der Waals surface area contributed by atoms with Crippen molar-refractivity contribution in [2.75, 3.05) is 0 Å². The molecule has 0 bridgehead atoms. The van der Waals surface area contributed by atoms with E-state index in [1.165, 1.54) is 18.3 Å². The average molecular weight is 219 g/mol. The highest BCUT2D eigenvalue weighted by atomic mass is 19.1. The summed E-state index contributed by atoms with van der Waals surface area (Å²) in [5.41, 5.74) is 6.87. The number of carbonyl (C=O) groups excluding carboxylic acids is 1. The van der Waals surface area contributed by atoms with Gasteiger partial charge in [0.1, 0.15) is 5.82 Å². The van der Waals surface area contributed by atoms with Crippen LogP contribution in [-0.4, -0.2) is 15.7 Å². The van der Waals surface area contributed by atoms with E-state index in [2.05, 4.69) is 5.10 Å². The molecule has 2 rings (SSSR count). The fraction of sp³-hybridized carbons (Fsp3) is 0.0909. The molecule has 0 unspecified atom stereocenters. The number of rotatable bonds is 2. The lowest BCUT2D eigenvalue weighted by atomic mass is 10.2. The summed E-state index contributed by atoms with van der Waals surface area (Å²) in [7, 11) is 0. The Labute approximate surface area is 91.5 Å². The van der Waals surface area contributed by atoms with Crippen molar-refractivity contribution in [2.45, 2.75) is 6.92 Å². The van der Waals surface area contributed by atoms with Crippen molar-refractivity contribution < 1.29 is 9.18 Å². The van der Waals surface area contributed by atoms with Gasteiger partial charge in [0.15, 0.2) is 0 Å². The topological polar surface area (TPSA) is 60.9 Å². The summed E-state index contributed by atoms with van der Waals surface area (Å²) < 4.78 is 14.3. The van der Waals surface area contributed by atoms with Crippen LogP contribution in [0.1, 0.15) is 16.1 Å². The number of primary amides is 1. The highest BCUT2D eigenvalue weighted by molar-refractivity contribution is 5.93. The highest BCUT2D eigenvalue weighted by Crippen LogP contribution is 2.14. The summed E-state index contributed by atoms with van der Waals surface area (Å²) in [6.07, 6.45) is 1.40. The van der Waals surface area contributed by atoms with Crippen LogP contribution >= 0.6 is 0 Å². The fourth-order valence-corrected chi connectivity index (χ4v) is 1.49. The van der Waals surface area contributed by atoms with Crippen LogP contribution < -0.4 is 5.73 Å². The Morgan fingerprint density at radius 2 is 2.00 bits per heavy atom. The highest BCUT2D eigenvalue weighted by Gasteiger charge is 2.11. The molecule has 0 aliphatic carbocycles. The summed E-state index contributed by atoms with van der Waals surface area (Å²) in [6.45, 7) is 1.73. The van der Waals surface area contributed by atoms with Gasteiger partial charge in [-0.25, -0.2) is 9.07 Å². The van der Waals surface area contributed by atoms with Crippen molar-refractivity contribution in [3.8, 4) is 5.69 Å². The molecular formula is C11H10FN3O. The number of hydrogen-bond acceptors (Lipinski definition) is 2. The van der Waals surface area contributed by atoms with Crippen LogP contribution in [0, 0.1) is 12.7 Å². The normalized spacial score (nSPS) is 10.4. The van der Waals surface area contributed by atoms with E-state index >= 15 is 0 Å². The molecule has 1 aromatic carbocycles. The first kappa shape index (κ1) is 10.4. The van der Waals surface area contributed by atoms with E-state index in [0.29, 0.717) is 16.9 Å². The van der Waals surface area contributed by atoms with Gasteiger partial charge in [0.05, 0.1) is 23.1 Å². The Hall–Kier alpha value is -2.17. The van der Waals surface area contributed by atoms with Gasteiger partial charge in [0.2, 0.25) is 0 Å². The van der Waals surface area contributed by atoms with Gasteiger partial charge in [-0.2, -0.15) is 5.10 Å². The maximum absolute atomic E-state index is 12.7. The zero-order valence-electron chi connectivity index (χ0n) is 8.64. The standard InChI is InChI=1S/C11H10FN3O/c1-7-10(11(13)16)6-14-15(7)9-4-2-8(12)3-5-9/h2-6H,1H3,(H2,13,16). The number of aromatic nitrogens is 2. The first-order valence-corrected chi connectivity index (χ1v) is 4.70. The third-order valence-corrected chi connectivity index (χ3v) is 2.35. The molecule has 1 aromatic heterocycles. The third kappa shape index (κ3) is 1.67. The van der Waals surface area contributed by atoms with E-state index in [4.69, 9.17) is 5.73 Å². The molecule has 0 atom stereocenters. The van der Waals surface area contributed by atoms with Gasteiger partial charge >= 0.3 is 0 Å². The Kier molecular flexibility index (Phi) is 2.44. The van der Waals surface area contributed by atoms with Crippen LogP contribution in [0.5, 0.6) is 0 Å². The molecule has 2 aromatic rings. The minimum absolute atomic E-state index is 0.316. The maximum atomic E-state index is 12.7. The smallest absolute Gasteiger partial charge is 0.252 e. The van der Waals surface area contributed by atoms with Gasteiger partial charge < -0.3 is 5.73 Å². The monoisotopic (exact) mass is 219 g/mol. The lowest BCUT2D eigenvalue weighted by Crippen LogP contribution is -2.12. The molecule has 0 fully saturated rings. The zero-order chi connectivity index (χ0) is 11.7. The molecule has 0 saturated carbocycles. The number of halogens is 1. The SMILES string of the molecule is Cc1c(C(N)=O)cnn1-c1ccc(F)cc1. The molecule has 0 aliphatic rings. The van der Waals surface area contributed by atoms with Crippen LogP contribution in [0.25, 0.3) is 5.69 Å². The van der Waals surface area contributed by atoms with E-state index in [-0.39, 0.29) is 5.82 Å². The van der Waals surface area contributed by atoms with Crippen LogP contribution in [0.2, 0.25) is 0 Å². The van der Waals surface area contributed by atoms with Crippen molar-refractivity contribution in [3.63, 3.8) is 0 Å². The van der Waals surface area contributed by atoms with Crippen molar-refractivity contribution in [3.05, 3.63) is 47.5 Å². The van der Waals surface area contributed by atoms with Crippen molar-refractivity contribution in [2.24, 2.45) is 5.73 Å². The molecule has 0 radical (unpaired) electrons. The van der Waals surface area contributed by atoms with Crippen LogP contribution in [0.4, 0.5) is 4.39 Å². The Balaban J connectivity index is 2.49. The number of carbonyl (C=O) groups is 1. The Morgan fingerprint density at radius 1 is 1.38 bits per heavy atom. The molecular weight excluding hydrogens is 209 g/mol. The molecule has 0 aliphatic heterocycles. The van der Waals surface area contributed by atoms with E-state index < -0.39 is 5.91 Å². The quantitative estimate of drug-likeness (QED) is 0.830. The molecule has 5 heteroatoms. The molecule has 1 heterocycles. The number of nitrogens with two attached hydrogens (primary N) is 1. The Bertz CT molecular complexity index is 531. The molecule has 82 valence electrons. The molecule has 4 nitrogen and oxygen atoms in total. The predicted molar refractivity (Wildman–Crippen MR) is 56.8 cm³/mol. The van der Waals surface area contributed by atoms with Crippen molar-refractivity contribution in [1.82, 2.24) is 9.78 Å². The number of hydrogen-bond donors (Lipinski definition) is 1. The Morgan fingerprint density at radius 3 is 2.50 bits per heavy atom. The second-order valence-corrected chi connectivity index (χ2v) is 3.40. The lowest BCUT2D eigenvalue weighted by Gasteiger charge is -2.04. The van der Waals surface area contributed by atoms with Crippen LogP contribution in [-0.2, 0) is 0 Å². The fourth-order valence-electron chi connectivity index (χ4n) is 1.49. The number of amides is 1. The summed E-state index contributed by atoms with van der Waals surface area (Å²) in [5, 5.41) is 4.03. The third-order valence-electron chi connectivity index (χ3n) is 2.35. The largest absolute Gasteiger partial charge is 0.365 e. The zero-order valence-corrected chi connectivity index (χ0v) is 8.64. The van der Waals surface area contributed by atoms with Gasteiger partial charge in [0.25, 0.3) is 5.91 Å². The van der Waals surface area contributed by atoms with Gasteiger partial charge in [-0.05, 0) is 31.2 Å². The van der Waals surface area contributed by atoms with Crippen molar-refractivity contribution >= 4 is 5.91 Å². The minimum Gasteiger partial charge on any atom is -0.365 e. The lowest BCUT2D eigenvalue weighted by molar-refractivity contribution is 0.0999. The first-order valence-electron chi connectivity index (χ1n) is 4.70. The van der Waals surface area contributed by atoms with Crippen LogP contribution in [0.15, 0.2) is 30.5 Å². The van der Waals surface area contributed by atoms with E-state index in [9.17, 15) is 9.18 Å². The van der Waals surface area contributed by atoms with Gasteiger partial charge in [0, 0.05) is 0 Å². The van der Waals surface area contributed by atoms with Crippen molar-refractivity contribution in [1.29, 1.82) is 0 Å². The average Bonchev–Trinajstić information content (AvgIpc) is 2.61. The summed E-state index contributed by atoms with van der Waals surface area (Å²) in [6, 6.07) is 5.83. The van der Waals surface area contributed by atoms with Gasteiger partial charge in [-0.15, -0.1) is 0 Å². The first-order chi connectivity index (χ1) is 7.59. The minimum atomic E-state index is -0.522. The summed E-state index contributed by atoms with van der Waals surface area (Å²) in [5.74, 6) is -0.838. The van der Waals surface area contributed by atoms with E-state index in [1.54, 1.807) is 23.7 Å². The molecule has 2 N–H and O–H groups in total. The second-order valence-electron chi connectivity index (χ2n) is 3.40. The summed E-state index contributed by atoms with van der Waals surface area (Å²) in [4.78, 5) is 11.0. The number of nitrogens with zero attached hydrogens (tertiary/aromatic N) is 2. The van der Waals surface area contributed by atoms with Gasteiger partial charge in [-0.1, -0.05) is 0 Å². The second kappa shape index (κ2) is 3.77. The molecule has 1 amide bonds. The molecule has 0 saturated heterocycles. The van der Waals surface area contributed by atoms with E-state index in [0.717, 1.165) is 0 Å². The summed E-state index contributed by atoms with van der Waals surface area (Å²) >= 11 is 0. The predicted octanol–water partition coefficient (Wildman–Crippen LogP) is 1.42. The molecule has 0 spiro atoms. The van der Waals surface area contributed by atoms with Gasteiger partial charge in [-0.3, -0.25) is 4.79 Å². The van der Waals surface area contributed by atoms with Crippen LogP contribution in [0.3, 0.4) is 0 Å². The maximum Gasteiger partial charge on any atom is 0.252 e. The number of benzene rings is 1. The van der Waals surface area contributed by atoms with E-state index in [1.807, 2.05) is 0 Å². The molecule has 16 heavy (non-hydrogen) atoms.